The summed E-state index contributed by atoms with van der Waals surface area (Å²) in [5, 5.41) is 0. The number of imidazole rings is 2. The van der Waals surface area contributed by atoms with E-state index in [1.807, 2.05) is 13.8 Å². The second kappa shape index (κ2) is 4.12. The maximum absolute atomic E-state index is 4.50. The summed E-state index contributed by atoms with van der Waals surface area (Å²) in [6, 6.07) is 0. The van der Waals surface area contributed by atoms with Gasteiger partial charge in [0.25, 0.3) is 0 Å². The van der Waals surface area contributed by atoms with Crippen molar-refractivity contribution in [2.24, 2.45) is 0 Å². The van der Waals surface area contributed by atoms with Crippen molar-refractivity contribution in [1.82, 2.24) is 19.3 Å². The van der Waals surface area contributed by atoms with Gasteiger partial charge in [0.1, 0.15) is 11.6 Å². The van der Waals surface area contributed by atoms with Crippen molar-refractivity contribution in [3.63, 3.8) is 0 Å². The van der Waals surface area contributed by atoms with Crippen LogP contribution in [0.3, 0.4) is 0 Å². The van der Waals surface area contributed by atoms with Gasteiger partial charge < -0.3 is 0 Å². The average Bonchev–Trinajstić information content (AvgIpc) is 2.80. The molecule has 0 saturated heterocycles. The Morgan fingerprint density at radius 1 is 0.875 bits per heavy atom. The Morgan fingerprint density at radius 2 is 1.25 bits per heavy atom. The first-order valence-corrected chi connectivity index (χ1v) is 5.76. The third-order valence-corrected chi connectivity index (χ3v) is 2.62. The number of hydrogen-bond acceptors (Lipinski definition) is 2. The van der Waals surface area contributed by atoms with E-state index in [9.17, 15) is 0 Å². The van der Waals surface area contributed by atoms with Crippen LogP contribution in [0, 0.1) is 13.8 Å². The molecule has 2 aromatic rings. The van der Waals surface area contributed by atoms with Gasteiger partial charge in [0, 0.05) is 12.8 Å². The number of nitrogens with zero attached hydrogens (tertiary/aromatic N) is 4. The molecule has 0 aromatic carbocycles. The smallest absolute Gasteiger partial charge is 0.128 e. The molecule has 0 atom stereocenters. The zero-order valence-corrected chi connectivity index (χ0v) is 10.4. The first-order chi connectivity index (χ1) is 7.65. The lowest BCUT2D eigenvalue weighted by molar-refractivity contribution is 0.587. The second-order valence-corrected chi connectivity index (χ2v) is 3.99. The van der Waals surface area contributed by atoms with Gasteiger partial charge in [-0.1, -0.05) is 13.8 Å². The molecule has 0 aliphatic heterocycles. The van der Waals surface area contributed by atoms with E-state index in [-0.39, 0.29) is 0 Å². The lowest BCUT2D eigenvalue weighted by Gasteiger charge is -2.09. The number of rotatable bonds is 3. The predicted molar refractivity (Wildman–Crippen MR) is 63.5 cm³/mol. The Bertz CT molecular complexity index is 447. The van der Waals surface area contributed by atoms with Crippen LogP contribution < -0.4 is 0 Å². The van der Waals surface area contributed by atoms with E-state index in [0.29, 0.717) is 0 Å². The SMILES string of the molecule is CCc1nc(C)cn1-n1cc(C)nc1CC. The summed E-state index contributed by atoms with van der Waals surface area (Å²) in [4.78, 5) is 9.01. The van der Waals surface area contributed by atoms with Gasteiger partial charge >= 0.3 is 0 Å². The van der Waals surface area contributed by atoms with Crippen LogP contribution in [0.15, 0.2) is 12.4 Å². The summed E-state index contributed by atoms with van der Waals surface area (Å²) in [5.41, 5.74) is 2.09. The highest BCUT2D eigenvalue weighted by atomic mass is 15.5. The highest BCUT2D eigenvalue weighted by molar-refractivity contribution is 5.08. The van der Waals surface area contributed by atoms with Crippen LogP contribution in [0.1, 0.15) is 36.9 Å². The Kier molecular flexibility index (Phi) is 2.81. The summed E-state index contributed by atoms with van der Waals surface area (Å²) in [6.07, 6.45) is 5.96. The van der Waals surface area contributed by atoms with Crippen molar-refractivity contribution >= 4 is 0 Å². The largest absolute Gasteiger partial charge is 0.240 e. The Labute approximate surface area is 95.9 Å². The minimum Gasteiger partial charge on any atom is -0.240 e. The zero-order chi connectivity index (χ0) is 11.7. The van der Waals surface area contributed by atoms with Gasteiger partial charge in [-0.2, -0.15) is 0 Å². The molecule has 0 unspecified atom stereocenters. The molecule has 0 aliphatic rings. The minimum absolute atomic E-state index is 0.925. The molecule has 2 heterocycles. The molecule has 2 aromatic heterocycles. The van der Waals surface area contributed by atoms with Crippen molar-refractivity contribution in [2.45, 2.75) is 40.5 Å². The Balaban J connectivity index is 2.56. The molecular weight excluding hydrogens is 200 g/mol. The number of aromatic nitrogens is 4. The molecular formula is C12H18N4. The second-order valence-electron chi connectivity index (χ2n) is 3.99. The predicted octanol–water partition coefficient (Wildman–Crippen LogP) is 2.13. The van der Waals surface area contributed by atoms with Crippen LogP contribution in [0.5, 0.6) is 0 Å². The van der Waals surface area contributed by atoms with Crippen molar-refractivity contribution in [2.75, 3.05) is 0 Å². The van der Waals surface area contributed by atoms with Gasteiger partial charge in [-0.3, -0.25) is 0 Å². The maximum Gasteiger partial charge on any atom is 0.128 e. The lowest BCUT2D eigenvalue weighted by atomic mass is 10.4. The van der Waals surface area contributed by atoms with Gasteiger partial charge in [0.2, 0.25) is 0 Å². The monoisotopic (exact) mass is 218 g/mol. The summed E-state index contributed by atoms with van der Waals surface area (Å²) >= 11 is 0. The zero-order valence-electron chi connectivity index (χ0n) is 10.4. The van der Waals surface area contributed by atoms with Crippen molar-refractivity contribution in [3.8, 4) is 0 Å². The lowest BCUT2D eigenvalue weighted by Crippen LogP contribution is -2.13. The molecule has 0 amide bonds. The van der Waals surface area contributed by atoms with Gasteiger partial charge in [-0.25, -0.2) is 19.3 Å². The molecule has 2 rings (SSSR count). The minimum atomic E-state index is 0.925. The van der Waals surface area contributed by atoms with Crippen molar-refractivity contribution < 1.29 is 0 Å². The third kappa shape index (κ3) is 1.75. The van der Waals surface area contributed by atoms with E-state index in [4.69, 9.17) is 0 Å². The topological polar surface area (TPSA) is 35.6 Å². The highest BCUT2D eigenvalue weighted by Gasteiger charge is 2.09. The van der Waals surface area contributed by atoms with Crippen molar-refractivity contribution in [1.29, 1.82) is 0 Å². The van der Waals surface area contributed by atoms with Crippen LogP contribution in [0.4, 0.5) is 0 Å². The number of hydrogen-bond donors (Lipinski definition) is 0. The van der Waals surface area contributed by atoms with E-state index in [2.05, 4.69) is 45.6 Å². The van der Waals surface area contributed by atoms with E-state index >= 15 is 0 Å². The quantitative estimate of drug-likeness (QED) is 0.791. The van der Waals surface area contributed by atoms with Crippen LogP contribution in [-0.4, -0.2) is 19.3 Å². The average molecular weight is 218 g/mol. The van der Waals surface area contributed by atoms with E-state index in [1.54, 1.807) is 0 Å². The van der Waals surface area contributed by atoms with Gasteiger partial charge in [-0.05, 0) is 13.8 Å². The molecule has 0 N–H and O–H groups in total. The molecule has 0 saturated carbocycles. The standard InChI is InChI=1S/C12H18N4/c1-5-11-13-9(3)7-15(11)16-8-10(4)14-12(16)6-2/h7-8H,5-6H2,1-4H3. The highest BCUT2D eigenvalue weighted by Crippen LogP contribution is 2.09. The summed E-state index contributed by atoms with van der Waals surface area (Å²) in [6.45, 7) is 8.28. The summed E-state index contributed by atoms with van der Waals surface area (Å²) in [7, 11) is 0. The van der Waals surface area contributed by atoms with Crippen LogP contribution in [-0.2, 0) is 12.8 Å². The molecule has 0 spiro atoms. The van der Waals surface area contributed by atoms with E-state index < -0.39 is 0 Å². The maximum atomic E-state index is 4.50. The summed E-state index contributed by atoms with van der Waals surface area (Å²) in [5.74, 6) is 2.15. The molecule has 0 aliphatic carbocycles. The molecule has 0 radical (unpaired) electrons. The molecule has 0 bridgehead atoms. The van der Waals surface area contributed by atoms with E-state index in [0.717, 1.165) is 35.9 Å². The van der Waals surface area contributed by atoms with Crippen LogP contribution >= 0.6 is 0 Å². The first-order valence-electron chi connectivity index (χ1n) is 5.76. The fraction of sp³-hybridized carbons (Fsp3) is 0.500. The normalized spacial score (nSPS) is 11.0. The van der Waals surface area contributed by atoms with E-state index in [1.165, 1.54) is 0 Å². The van der Waals surface area contributed by atoms with Gasteiger partial charge in [0.15, 0.2) is 0 Å². The Hall–Kier alpha value is -1.58. The van der Waals surface area contributed by atoms with Crippen LogP contribution in [0.2, 0.25) is 0 Å². The molecule has 86 valence electrons. The third-order valence-electron chi connectivity index (χ3n) is 2.62. The van der Waals surface area contributed by atoms with Crippen LogP contribution in [0.25, 0.3) is 0 Å². The Morgan fingerprint density at radius 3 is 1.56 bits per heavy atom. The molecule has 4 nitrogen and oxygen atoms in total. The van der Waals surface area contributed by atoms with Crippen molar-refractivity contribution in [3.05, 3.63) is 35.4 Å². The molecule has 16 heavy (non-hydrogen) atoms. The molecule has 0 fully saturated rings. The van der Waals surface area contributed by atoms with Gasteiger partial charge in [0.05, 0.1) is 23.8 Å². The van der Waals surface area contributed by atoms with Gasteiger partial charge in [-0.15, -0.1) is 0 Å². The first kappa shape index (κ1) is 10.9. The fourth-order valence-corrected chi connectivity index (χ4v) is 1.93. The number of aryl methyl sites for hydroxylation is 4. The molecule has 4 heteroatoms. The summed E-state index contributed by atoms with van der Waals surface area (Å²) < 4.78 is 4.18. The fourth-order valence-electron chi connectivity index (χ4n) is 1.93.